The van der Waals surface area contributed by atoms with E-state index < -0.39 is 0 Å². The summed E-state index contributed by atoms with van der Waals surface area (Å²) in [5.74, 6) is -0.105. The summed E-state index contributed by atoms with van der Waals surface area (Å²) in [6, 6.07) is 9.37. The Morgan fingerprint density at radius 1 is 1.36 bits per heavy atom. The number of thiophene rings is 1. The minimum atomic E-state index is -0.105. The number of nitrogens with one attached hydrogen (secondary N) is 1. The van der Waals surface area contributed by atoms with Crippen molar-refractivity contribution >= 4 is 34.7 Å². The Morgan fingerprint density at radius 3 is 2.95 bits per heavy atom. The summed E-state index contributed by atoms with van der Waals surface area (Å²) in [6.07, 6.45) is 1.91. The first kappa shape index (κ1) is 14.7. The average molecular weight is 331 g/mol. The lowest BCUT2D eigenvalue weighted by atomic mass is 10.2. The van der Waals surface area contributed by atoms with Gasteiger partial charge in [-0.15, -0.1) is 16.4 Å². The van der Waals surface area contributed by atoms with Gasteiger partial charge in [-0.3, -0.25) is 4.79 Å². The molecule has 2 heterocycles. The first-order chi connectivity index (χ1) is 10.7. The van der Waals surface area contributed by atoms with E-state index in [4.69, 9.17) is 0 Å². The molecule has 0 aliphatic heterocycles. The van der Waals surface area contributed by atoms with E-state index >= 15 is 0 Å². The van der Waals surface area contributed by atoms with Crippen molar-refractivity contribution in [2.24, 2.45) is 0 Å². The third-order valence-electron chi connectivity index (χ3n) is 3.04. The first-order valence-electron chi connectivity index (χ1n) is 6.47. The fourth-order valence-electron chi connectivity index (χ4n) is 1.98. The monoisotopic (exact) mass is 331 g/mol. The average Bonchev–Trinajstić information content (AvgIpc) is 3.15. The van der Waals surface area contributed by atoms with E-state index in [9.17, 15) is 4.79 Å². The minimum Gasteiger partial charge on any atom is -0.321 e. The van der Waals surface area contributed by atoms with Gasteiger partial charge in [-0.25, -0.2) is 0 Å². The Kier molecular flexibility index (Phi) is 4.21. The predicted octanol–water partition coefficient (Wildman–Crippen LogP) is 3.01. The summed E-state index contributed by atoms with van der Waals surface area (Å²) >= 11 is 2.89. The van der Waals surface area contributed by atoms with Crippen molar-refractivity contribution in [3.05, 3.63) is 46.2 Å². The quantitative estimate of drug-likeness (QED) is 0.744. The molecule has 0 aliphatic carbocycles. The van der Waals surface area contributed by atoms with Crippen molar-refractivity contribution in [3.63, 3.8) is 0 Å². The molecular formula is C14H13N5OS2. The maximum Gasteiger partial charge on any atom is 0.265 e. The molecule has 6 nitrogen and oxygen atoms in total. The van der Waals surface area contributed by atoms with Crippen molar-refractivity contribution in [2.75, 3.05) is 11.6 Å². The van der Waals surface area contributed by atoms with E-state index in [2.05, 4.69) is 20.8 Å². The van der Waals surface area contributed by atoms with Gasteiger partial charge in [0.15, 0.2) is 0 Å². The van der Waals surface area contributed by atoms with Gasteiger partial charge in [0.05, 0.1) is 10.6 Å². The highest BCUT2D eigenvalue weighted by Crippen LogP contribution is 2.21. The number of hydrogen-bond donors (Lipinski definition) is 1. The summed E-state index contributed by atoms with van der Waals surface area (Å²) in [5.41, 5.74) is 2.48. The lowest BCUT2D eigenvalue weighted by Gasteiger charge is -2.07. The molecular weight excluding hydrogens is 318 g/mol. The number of thioether (sulfide) groups is 1. The van der Waals surface area contributed by atoms with Gasteiger partial charge in [0.25, 0.3) is 5.91 Å². The number of carbonyl (C=O) groups is 1. The maximum atomic E-state index is 12.3. The third-order valence-corrected chi connectivity index (χ3v) is 4.68. The Bertz CT molecular complexity index is 811. The summed E-state index contributed by atoms with van der Waals surface area (Å²) in [7, 11) is 0. The zero-order chi connectivity index (χ0) is 15.5. The Morgan fingerprint density at radius 2 is 2.23 bits per heavy atom. The molecule has 0 spiro atoms. The van der Waals surface area contributed by atoms with Crippen molar-refractivity contribution in [2.45, 2.75) is 12.1 Å². The Hall–Kier alpha value is -2.19. The zero-order valence-electron chi connectivity index (χ0n) is 12.0. The Labute approximate surface area is 135 Å². The van der Waals surface area contributed by atoms with E-state index in [1.54, 1.807) is 4.68 Å². The van der Waals surface area contributed by atoms with Gasteiger partial charge in [0.1, 0.15) is 0 Å². The molecule has 0 aliphatic rings. The molecule has 3 rings (SSSR count). The van der Waals surface area contributed by atoms with Gasteiger partial charge in [-0.1, -0.05) is 17.8 Å². The molecule has 3 aromatic rings. The lowest BCUT2D eigenvalue weighted by Crippen LogP contribution is -2.11. The molecule has 0 unspecified atom stereocenters. The molecule has 0 radical (unpaired) electrons. The van der Waals surface area contributed by atoms with Crippen LogP contribution in [0.4, 0.5) is 5.69 Å². The number of nitrogens with zero attached hydrogens (tertiary/aromatic N) is 4. The second kappa shape index (κ2) is 6.29. The summed E-state index contributed by atoms with van der Waals surface area (Å²) < 4.78 is 1.64. The van der Waals surface area contributed by atoms with Crippen LogP contribution >= 0.6 is 23.1 Å². The van der Waals surface area contributed by atoms with Crippen LogP contribution in [0.2, 0.25) is 0 Å². The number of rotatable bonds is 4. The molecule has 0 bridgehead atoms. The number of aromatic nitrogens is 4. The molecule has 0 fully saturated rings. The van der Waals surface area contributed by atoms with Crippen LogP contribution in [0.1, 0.15) is 15.2 Å². The number of benzene rings is 1. The largest absolute Gasteiger partial charge is 0.321 e. The SMILES string of the molecule is CSc1nnnn1-c1cccc(NC(=O)c2sccc2C)c1. The van der Waals surface area contributed by atoms with Crippen molar-refractivity contribution in [1.29, 1.82) is 0 Å². The van der Waals surface area contributed by atoms with Crippen LogP contribution in [0.3, 0.4) is 0 Å². The fourth-order valence-corrected chi connectivity index (χ4v) is 3.23. The van der Waals surface area contributed by atoms with E-state index in [1.807, 2.05) is 48.9 Å². The number of hydrogen-bond acceptors (Lipinski definition) is 6. The van der Waals surface area contributed by atoms with Gasteiger partial charge >= 0.3 is 0 Å². The van der Waals surface area contributed by atoms with Gasteiger partial charge in [0, 0.05) is 5.69 Å². The molecule has 1 amide bonds. The maximum absolute atomic E-state index is 12.3. The highest BCUT2D eigenvalue weighted by Gasteiger charge is 2.12. The number of carbonyl (C=O) groups excluding carboxylic acids is 1. The fraction of sp³-hybridized carbons (Fsp3) is 0.143. The molecule has 8 heteroatoms. The number of tetrazole rings is 1. The van der Waals surface area contributed by atoms with Crippen molar-refractivity contribution in [1.82, 2.24) is 20.2 Å². The van der Waals surface area contributed by atoms with E-state index in [-0.39, 0.29) is 5.91 Å². The van der Waals surface area contributed by atoms with Crippen molar-refractivity contribution in [3.8, 4) is 5.69 Å². The van der Waals surface area contributed by atoms with Gasteiger partial charge in [-0.05, 0) is 58.8 Å². The predicted molar refractivity (Wildman–Crippen MR) is 87.9 cm³/mol. The van der Waals surface area contributed by atoms with Crippen LogP contribution in [0.15, 0.2) is 40.9 Å². The topological polar surface area (TPSA) is 72.7 Å². The Balaban J connectivity index is 1.86. The van der Waals surface area contributed by atoms with E-state index in [1.165, 1.54) is 23.1 Å². The smallest absolute Gasteiger partial charge is 0.265 e. The van der Waals surface area contributed by atoms with E-state index in [0.29, 0.717) is 10.8 Å². The second-order valence-electron chi connectivity index (χ2n) is 4.51. The highest BCUT2D eigenvalue weighted by atomic mass is 32.2. The number of anilines is 1. The normalized spacial score (nSPS) is 10.6. The van der Waals surface area contributed by atoms with Crippen LogP contribution in [0, 0.1) is 6.92 Å². The van der Waals surface area contributed by atoms with Crippen molar-refractivity contribution < 1.29 is 4.79 Å². The minimum absolute atomic E-state index is 0.105. The van der Waals surface area contributed by atoms with E-state index in [0.717, 1.165) is 16.1 Å². The molecule has 112 valence electrons. The van der Waals surface area contributed by atoms with Crippen LogP contribution < -0.4 is 5.32 Å². The second-order valence-corrected chi connectivity index (χ2v) is 6.20. The molecule has 1 aromatic carbocycles. The summed E-state index contributed by atoms with van der Waals surface area (Å²) in [6.45, 7) is 1.92. The van der Waals surface area contributed by atoms with Crippen LogP contribution in [-0.4, -0.2) is 32.4 Å². The van der Waals surface area contributed by atoms with Gasteiger partial charge in [0.2, 0.25) is 5.16 Å². The lowest BCUT2D eigenvalue weighted by molar-refractivity contribution is 0.103. The zero-order valence-corrected chi connectivity index (χ0v) is 13.6. The van der Waals surface area contributed by atoms with Gasteiger partial charge < -0.3 is 5.32 Å². The van der Waals surface area contributed by atoms with Gasteiger partial charge in [-0.2, -0.15) is 4.68 Å². The molecule has 2 aromatic heterocycles. The summed E-state index contributed by atoms with van der Waals surface area (Å²) in [5, 5.41) is 17.1. The molecule has 0 atom stereocenters. The third kappa shape index (κ3) is 2.88. The molecule has 22 heavy (non-hydrogen) atoms. The number of aryl methyl sites for hydroxylation is 1. The summed E-state index contributed by atoms with van der Waals surface area (Å²) in [4.78, 5) is 13.0. The standard InChI is InChI=1S/C14H13N5OS2/c1-9-6-7-22-12(9)13(20)15-10-4-3-5-11(8-10)19-14(21-2)16-17-18-19/h3-8H,1-2H3,(H,15,20). The molecule has 0 saturated heterocycles. The highest BCUT2D eigenvalue weighted by molar-refractivity contribution is 7.98. The van der Waals surface area contributed by atoms with Crippen LogP contribution in [0.25, 0.3) is 5.69 Å². The molecule has 0 saturated carbocycles. The molecule has 1 N–H and O–H groups in total. The van der Waals surface area contributed by atoms with Crippen LogP contribution in [0.5, 0.6) is 0 Å². The number of amides is 1. The first-order valence-corrected chi connectivity index (χ1v) is 8.57. The van der Waals surface area contributed by atoms with Crippen LogP contribution in [-0.2, 0) is 0 Å².